The van der Waals surface area contributed by atoms with E-state index < -0.39 is 10.0 Å². The fourth-order valence-electron chi connectivity index (χ4n) is 4.94. The topological polar surface area (TPSA) is 103 Å². The van der Waals surface area contributed by atoms with Crippen molar-refractivity contribution in [3.8, 4) is 0 Å². The lowest BCUT2D eigenvalue weighted by molar-refractivity contribution is -0.140. The predicted octanol–water partition coefficient (Wildman–Crippen LogP) is 1.72. The van der Waals surface area contributed by atoms with Crippen LogP contribution in [0.15, 0.2) is 4.79 Å². The Labute approximate surface area is 171 Å². The number of carbonyl (C=O) groups excluding carboxylic acids is 1. The average Bonchev–Trinajstić information content (AvgIpc) is 2.73. The molecule has 1 aliphatic carbocycles. The van der Waals surface area contributed by atoms with Crippen LogP contribution in [0.4, 0.5) is 0 Å². The zero-order valence-corrected chi connectivity index (χ0v) is 17.8. The molecule has 160 valence electrons. The molecule has 3 heterocycles. The van der Waals surface area contributed by atoms with Gasteiger partial charge in [-0.1, -0.05) is 19.3 Å². The minimum Gasteiger partial charge on any atom is -0.332 e. The molecule has 3 aliphatic rings. The van der Waals surface area contributed by atoms with E-state index in [9.17, 15) is 18.0 Å². The molecule has 4 rings (SSSR count). The van der Waals surface area contributed by atoms with Crippen molar-refractivity contribution in [3.63, 3.8) is 0 Å². The summed E-state index contributed by atoms with van der Waals surface area (Å²) >= 11 is 0. The van der Waals surface area contributed by atoms with Crippen molar-refractivity contribution < 1.29 is 13.2 Å². The number of aromatic amines is 1. The number of amides is 1. The highest BCUT2D eigenvalue weighted by Gasteiger charge is 2.35. The Morgan fingerprint density at radius 1 is 1.07 bits per heavy atom. The summed E-state index contributed by atoms with van der Waals surface area (Å²) in [5.41, 5.74) is 0.888. The molecule has 2 aliphatic heterocycles. The summed E-state index contributed by atoms with van der Waals surface area (Å²) in [5.74, 6) is 0.773. The van der Waals surface area contributed by atoms with E-state index in [-0.39, 0.29) is 30.0 Å². The third kappa shape index (κ3) is 4.26. The van der Waals surface area contributed by atoms with Crippen LogP contribution in [0.1, 0.15) is 74.5 Å². The Balaban J connectivity index is 1.63. The summed E-state index contributed by atoms with van der Waals surface area (Å²) in [6.45, 7) is 1.11. The maximum Gasteiger partial charge on any atom is 0.254 e. The van der Waals surface area contributed by atoms with Crippen LogP contribution in [0.5, 0.6) is 0 Å². The third-order valence-electron chi connectivity index (χ3n) is 6.58. The Morgan fingerprint density at radius 3 is 2.52 bits per heavy atom. The SMILES string of the molecule is CS(=O)(=O)N1CCc2c(nc([C@@H]3CCCCN3C(=O)C3CCCCC3)[nH]c2=O)C1. The van der Waals surface area contributed by atoms with Crippen LogP contribution in [0, 0.1) is 5.92 Å². The number of piperidine rings is 1. The fourth-order valence-corrected chi connectivity index (χ4v) is 5.72. The molecule has 1 aromatic rings. The van der Waals surface area contributed by atoms with Gasteiger partial charge in [0.15, 0.2) is 0 Å². The van der Waals surface area contributed by atoms with E-state index >= 15 is 0 Å². The molecule has 2 fully saturated rings. The summed E-state index contributed by atoms with van der Waals surface area (Å²) < 4.78 is 25.2. The van der Waals surface area contributed by atoms with Gasteiger partial charge in [-0.2, -0.15) is 4.31 Å². The summed E-state index contributed by atoms with van der Waals surface area (Å²) in [6.07, 6.45) is 9.55. The summed E-state index contributed by atoms with van der Waals surface area (Å²) in [6, 6.07) is -0.232. The van der Waals surface area contributed by atoms with Crippen molar-refractivity contribution >= 4 is 15.9 Å². The number of hydrogen-bond acceptors (Lipinski definition) is 5. The smallest absolute Gasteiger partial charge is 0.254 e. The number of hydrogen-bond donors (Lipinski definition) is 1. The van der Waals surface area contributed by atoms with Crippen molar-refractivity contribution in [2.75, 3.05) is 19.3 Å². The van der Waals surface area contributed by atoms with Gasteiger partial charge in [0.2, 0.25) is 15.9 Å². The number of sulfonamides is 1. The van der Waals surface area contributed by atoms with Crippen LogP contribution >= 0.6 is 0 Å². The standard InChI is InChI=1S/C20H30N4O4S/c1-29(27,28)23-12-10-15-16(13-23)21-18(22-19(15)25)17-9-5-6-11-24(17)20(26)14-7-3-2-4-8-14/h14,17H,2-13H2,1H3,(H,21,22,25)/t17-/m0/s1. The van der Waals surface area contributed by atoms with Gasteiger partial charge < -0.3 is 9.88 Å². The quantitative estimate of drug-likeness (QED) is 0.799. The van der Waals surface area contributed by atoms with Crippen LogP contribution in [-0.4, -0.2) is 52.8 Å². The molecule has 1 saturated heterocycles. The van der Waals surface area contributed by atoms with Gasteiger partial charge in [0.1, 0.15) is 5.82 Å². The highest BCUT2D eigenvalue weighted by molar-refractivity contribution is 7.88. The Hall–Kier alpha value is -1.74. The molecule has 0 bridgehead atoms. The molecule has 0 aromatic carbocycles. The molecule has 8 nitrogen and oxygen atoms in total. The molecule has 1 aromatic heterocycles. The molecule has 1 atom stereocenters. The first-order valence-corrected chi connectivity index (χ1v) is 12.6. The van der Waals surface area contributed by atoms with Crippen molar-refractivity contribution in [2.24, 2.45) is 5.92 Å². The number of aromatic nitrogens is 2. The van der Waals surface area contributed by atoms with Gasteiger partial charge in [0, 0.05) is 24.6 Å². The number of likely N-dealkylation sites (tertiary alicyclic amines) is 1. The van der Waals surface area contributed by atoms with E-state index in [0.717, 1.165) is 44.9 Å². The Morgan fingerprint density at radius 2 is 1.79 bits per heavy atom. The lowest BCUT2D eigenvalue weighted by Gasteiger charge is -2.38. The van der Waals surface area contributed by atoms with E-state index in [0.29, 0.717) is 36.6 Å². The number of carbonyl (C=O) groups is 1. The lowest BCUT2D eigenvalue weighted by atomic mass is 9.87. The van der Waals surface area contributed by atoms with Gasteiger partial charge >= 0.3 is 0 Å². The average molecular weight is 423 g/mol. The second-order valence-corrected chi connectivity index (χ2v) is 10.6. The highest BCUT2D eigenvalue weighted by Crippen LogP contribution is 2.34. The second-order valence-electron chi connectivity index (χ2n) is 8.60. The minimum absolute atomic E-state index is 0.0782. The largest absolute Gasteiger partial charge is 0.332 e. The number of H-pyrrole nitrogens is 1. The van der Waals surface area contributed by atoms with Gasteiger partial charge in [0.25, 0.3) is 5.56 Å². The first-order chi connectivity index (χ1) is 13.8. The number of rotatable bonds is 3. The molecule has 1 N–H and O–H groups in total. The monoisotopic (exact) mass is 422 g/mol. The zero-order valence-electron chi connectivity index (χ0n) is 17.0. The maximum absolute atomic E-state index is 13.2. The molecular formula is C20H30N4O4S. The van der Waals surface area contributed by atoms with E-state index in [1.54, 1.807) is 0 Å². The molecule has 0 radical (unpaired) electrons. The van der Waals surface area contributed by atoms with Gasteiger partial charge in [-0.15, -0.1) is 0 Å². The first-order valence-electron chi connectivity index (χ1n) is 10.7. The van der Waals surface area contributed by atoms with Crippen molar-refractivity contribution in [1.29, 1.82) is 0 Å². The zero-order chi connectivity index (χ0) is 20.6. The van der Waals surface area contributed by atoms with E-state index in [4.69, 9.17) is 0 Å². The highest BCUT2D eigenvalue weighted by atomic mass is 32.2. The van der Waals surface area contributed by atoms with Crippen molar-refractivity contribution in [3.05, 3.63) is 27.4 Å². The Kier molecular flexibility index (Phi) is 5.79. The maximum atomic E-state index is 13.2. The van der Waals surface area contributed by atoms with Crippen LogP contribution in [0.25, 0.3) is 0 Å². The summed E-state index contributed by atoms with van der Waals surface area (Å²) in [7, 11) is -3.34. The van der Waals surface area contributed by atoms with Crippen molar-refractivity contribution in [1.82, 2.24) is 19.2 Å². The Bertz CT molecular complexity index is 936. The van der Waals surface area contributed by atoms with Crippen LogP contribution in [-0.2, 0) is 27.8 Å². The molecule has 29 heavy (non-hydrogen) atoms. The fraction of sp³-hybridized carbons (Fsp3) is 0.750. The third-order valence-corrected chi connectivity index (χ3v) is 7.83. The van der Waals surface area contributed by atoms with Gasteiger partial charge in [0.05, 0.1) is 24.5 Å². The van der Waals surface area contributed by atoms with Crippen molar-refractivity contribution in [2.45, 2.75) is 70.4 Å². The second kappa shape index (κ2) is 8.18. The molecule has 1 amide bonds. The minimum atomic E-state index is -3.34. The number of fused-ring (bicyclic) bond motifs is 1. The normalized spacial score (nSPS) is 24.3. The molecular weight excluding hydrogens is 392 g/mol. The lowest BCUT2D eigenvalue weighted by Crippen LogP contribution is -2.44. The summed E-state index contributed by atoms with van der Waals surface area (Å²) in [5, 5.41) is 0. The predicted molar refractivity (Wildman–Crippen MR) is 109 cm³/mol. The molecule has 1 saturated carbocycles. The van der Waals surface area contributed by atoms with E-state index in [2.05, 4.69) is 9.97 Å². The van der Waals surface area contributed by atoms with Crippen LogP contribution in [0.3, 0.4) is 0 Å². The summed E-state index contributed by atoms with van der Waals surface area (Å²) in [4.78, 5) is 35.4. The number of nitrogens with zero attached hydrogens (tertiary/aromatic N) is 3. The molecule has 0 unspecified atom stereocenters. The van der Waals surface area contributed by atoms with Crippen LogP contribution in [0.2, 0.25) is 0 Å². The molecule has 9 heteroatoms. The number of nitrogens with one attached hydrogen (secondary N) is 1. The molecule has 0 spiro atoms. The van der Waals surface area contributed by atoms with Gasteiger partial charge in [-0.3, -0.25) is 9.59 Å². The van der Waals surface area contributed by atoms with E-state index in [1.807, 2.05) is 4.90 Å². The first kappa shape index (κ1) is 20.5. The van der Waals surface area contributed by atoms with Gasteiger partial charge in [-0.25, -0.2) is 13.4 Å². The van der Waals surface area contributed by atoms with Crippen LogP contribution < -0.4 is 5.56 Å². The van der Waals surface area contributed by atoms with Gasteiger partial charge in [-0.05, 0) is 38.5 Å². The van der Waals surface area contributed by atoms with E-state index in [1.165, 1.54) is 17.0 Å².